The van der Waals surface area contributed by atoms with Crippen LogP contribution in [0.3, 0.4) is 0 Å². The number of aliphatic hydroxyl groups excluding tert-OH is 1. The zero-order valence-corrected chi connectivity index (χ0v) is 15.1. The first kappa shape index (κ1) is 22.2. The van der Waals surface area contributed by atoms with Crippen LogP contribution in [-0.4, -0.2) is 22.3 Å². The van der Waals surface area contributed by atoms with Crippen molar-refractivity contribution in [3.8, 4) is 0 Å². The van der Waals surface area contributed by atoms with Crippen molar-refractivity contribution in [1.29, 1.82) is 0 Å². The van der Waals surface area contributed by atoms with Crippen molar-refractivity contribution < 1.29 is 15.0 Å². The molecule has 2 N–H and O–H groups in total. The number of rotatable bonds is 17. The minimum absolute atomic E-state index is 0.0951. The lowest BCUT2D eigenvalue weighted by Gasteiger charge is -2.10. The van der Waals surface area contributed by atoms with E-state index in [1.165, 1.54) is 70.3 Å². The molecule has 0 amide bonds. The second kappa shape index (κ2) is 17.5. The number of carboxylic acids is 1. The molecular weight excluding hydrogens is 288 g/mol. The molecule has 0 heterocycles. The van der Waals surface area contributed by atoms with Gasteiger partial charge in [-0.2, -0.15) is 0 Å². The Balaban J connectivity index is 3.20. The smallest absolute Gasteiger partial charge is 0.327 e. The summed E-state index contributed by atoms with van der Waals surface area (Å²) in [6.07, 6.45) is 20.4. The monoisotopic (exact) mass is 326 g/mol. The third-order valence-corrected chi connectivity index (χ3v) is 4.31. The maximum atomic E-state index is 10.3. The molecule has 0 bridgehead atoms. The molecule has 3 nitrogen and oxygen atoms in total. The van der Waals surface area contributed by atoms with E-state index in [0.717, 1.165) is 32.1 Å². The van der Waals surface area contributed by atoms with Crippen molar-refractivity contribution in [3.63, 3.8) is 0 Å². The number of aliphatic hydroxyl groups is 1. The van der Waals surface area contributed by atoms with E-state index < -0.39 is 5.97 Å². The number of carbonyl (C=O) groups is 1. The Labute approximate surface area is 143 Å². The summed E-state index contributed by atoms with van der Waals surface area (Å²) in [5.41, 5.74) is 0. The lowest BCUT2D eigenvalue weighted by atomic mass is 10.0. The highest BCUT2D eigenvalue weighted by Crippen LogP contribution is 2.14. The lowest BCUT2D eigenvalue weighted by molar-refractivity contribution is -0.131. The van der Waals surface area contributed by atoms with Crippen molar-refractivity contribution in [3.05, 3.63) is 12.2 Å². The Kier molecular flexibility index (Phi) is 16.9. The number of hydrogen-bond acceptors (Lipinski definition) is 2. The third-order valence-electron chi connectivity index (χ3n) is 4.31. The number of unbranched alkanes of at least 4 members (excludes halogenated alkanes) is 11. The minimum Gasteiger partial charge on any atom is -0.478 e. The van der Waals surface area contributed by atoms with Gasteiger partial charge in [0.25, 0.3) is 0 Å². The largest absolute Gasteiger partial charge is 0.478 e. The highest BCUT2D eigenvalue weighted by molar-refractivity contribution is 5.79. The summed E-state index contributed by atoms with van der Waals surface area (Å²) in [5, 5.41) is 18.4. The first-order chi connectivity index (χ1) is 11.2. The van der Waals surface area contributed by atoms with Gasteiger partial charge >= 0.3 is 5.97 Å². The van der Waals surface area contributed by atoms with E-state index in [2.05, 4.69) is 6.92 Å². The summed E-state index contributed by atoms with van der Waals surface area (Å²) < 4.78 is 0. The fraction of sp³-hybridized carbons (Fsp3) is 0.850. The van der Waals surface area contributed by atoms with Crippen LogP contribution in [-0.2, 0) is 4.79 Å². The van der Waals surface area contributed by atoms with Gasteiger partial charge in [0.2, 0.25) is 0 Å². The van der Waals surface area contributed by atoms with E-state index >= 15 is 0 Å². The molecule has 0 aliphatic carbocycles. The van der Waals surface area contributed by atoms with Crippen LogP contribution in [0.4, 0.5) is 0 Å². The van der Waals surface area contributed by atoms with Gasteiger partial charge in [0, 0.05) is 6.08 Å². The molecule has 0 unspecified atom stereocenters. The number of aliphatic carboxylic acids is 1. The van der Waals surface area contributed by atoms with Gasteiger partial charge in [-0.15, -0.1) is 0 Å². The fourth-order valence-corrected chi connectivity index (χ4v) is 2.84. The molecule has 0 fully saturated rings. The van der Waals surface area contributed by atoms with Crippen LogP contribution in [0.25, 0.3) is 0 Å². The molecule has 136 valence electrons. The normalized spacial score (nSPS) is 12.8. The molecule has 0 aliphatic rings. The van der Waals surface area contributed by atoms with Crippen LogP contribution in [0.15, 0.2) is 12.2 Å². The quantitative estimate of drug-likeness (QED) is 0.260. The van der Waals surface area contributed by atoms with Gasteiger partial charge in [0.15, 0.2) is 0 Å². The summed E-state index contributed by atoms with van der Waals surface area (Å²) in [5.74, 6) is -0.857. The SMILES string of the molecule is CCCCCCCC[C@H](O)CCCCCCCCC=CC(=O)O. The minimum atomic E-state index is -0.857. The molecule has 0 radical (unpaired) electrons. The van der Waals surface area contributed by atoms with E-state index in [1.54, 1.807) is 6.08 Å². The van der Waals surface area contributed by atoms with Crippen molar-refractivity contribution in [1.82, 2.24) is 0 Å². The Hall–Kier alpha value is -0.830. The van der Waals surface area contributed by atoms with E-state index in [1.807, 2.05) is 0 Å². The van der Waals surface area contributed by atoms with E-state index in [0.29, 0.717) is 0 Å². The topological polar surface area (TPSA) is 57.5 Å². The summed E-state index contributed by atoms with van der Waals surface area (Å²) in [6, 6.07) is 0. The van der Waals surface area contributed by atoms with Gasteiger partial charge in [0.05, 0.1) is 6.10 Å². The Morgan fingerprint density at radius 3 is 1.83 bits per heavy atom. The van der Waals surface area contributed by atoms with Gasteiger partial charge in [0.1, 0.15) is 0 Å². The second-order valence-electron chi connectivity index (χ2n) is 6.65. The van der Waals surface area contributed by atoms with E-state index in [9.17, 15) is 9.90 Å². The van der Waals surface area contributed by atoms with Gasteiger partial charge in [-0.25, -0.2) is 4.79 Å². The molecule has 0 aromatic carbocycles. The average molecular weight is 327 g/mol. The van der Waals surface area contributed by atoms with Crippen LogP contribution in [0.2, 0.25) is 0 Å². The molecule has 3 heteroatoms. The summed E-state index contributed by atoms with van der Waals surface area (Å²) in [7, 11) is 0. The molecule has 0 aliphatic heterocycles. The second-order valence-corrected chi connectivity index (χ2v) is 6.65. The molecule has 0 aromatic rings. The molecule has 0 rings (SSSR count). The maximum absolute atomic E-state index is 10.3. The Morgan fingerprint density at radius 1 is 0.826 bits per heavy atom. The van der Waals surface area contributed by atoms with Gasteiger partial charge in [-0.1, -0.05) is 83.6 Å². The Bertz CT molecular complexity index is 287. The van der Waals surface area contributed by atoms with Crippen LogP contribution in [0.1, 0.15) is 103 Å². The molecule has 0 spiro atoms. The molecule has 1 atom stereocenters. The Morgan fingerprint density at radius 2 is 1.30 bits per heavy atom. The van der Waals surface area contributed by atoms with Crippen LogP contribution >= 0.6 is 0 Å². The van der Waals surface area contributed by atoms with Crippen molar-refractivity contribution in [2.24, 2.45) is 0 Å². The molecule has 0 aromatic heterocycles. The van der Waals surface area contributed by atoms with Crippen LogP contribution in [0, 0.1) is 0 Å². The van der Waals surface area contributed by atoms with E-state index in [4.69, 9.17) is 5.11 Å². The predicted molar refractivity (Wildman–Crippen MR) is 97.7 cm³/mol. The first-order valence-corrected chi connectivity index (χ1v) is 9.74. The van der Waals surface area contributed by atoms with Crippen molar-refractivity contribution in [2.75, 3.05) is 0 Å². The molecule has 23 heavy (non-hydrogen) atoms. The highest BCUT2D eigenvalue weighted by atomic mass is 16.4. The van der Waals surface area contributed by atoms with Crippen molar-refractivity contribution in [2.45, 2.75) is 109 Å². The summed E-state index contributed by atoms with van der Waals surface area (Å²) in [6.45, 7) is 2.24. The average Bonchev–Trinajstić information content (AvgIpc) is 2.52. The van der Waals surface area contributed by atoms with Gasteiger partial charge < -0.3 is 10.2 Å². The van der Waals surface area contributed by atoms with Crippen LogP contribution < -0.4 is 0 Å². The van der Waals surface area contributed by atoms with Crippen molar-refractivity contribution >= 4 is 5.97 Å². The molecular formula is C20H38O3. The number of hydrogen-bond donors (Lipinski definition) is 2. The number of carboxylic acid groups (broad SMARTS) is 1. The zero-order valence-electron chi connectivity index (χ0n) is 15.1. The highest BCUT2D eigenvalue weighted by Gasteiger charge is 2.03. The standard InChI is InChI=1S/C20H38O3/c1-2-3-4-5-10-13-16-19(21)17-14-11-8-6-7-9-12-15-18-20(22)23/h15,18-19,21H,2-14,16-17H2,1H3,(H,22,23)/t19-/m0/s1. The van der Waals surface area contributed by atoms with Gasteiger partial charge in [-0.3, -0.25) is 0 Å². The zero-order chi connectivity index (χ0) is 17.2. The van der Waals surface area contributed by atoms with E-state index in [-0.39, 0.29) is 6.10 Å². The maximum Gasteiger partial charge on any atom is 0.327 e. The van der Waals surface area contributed by atoms with Crippen LogP contribution in [0.5, 0.6) is 0 Å². The summed E-state index contributed by atoms with van der Waals surface area (Å²) in [4.78, 5) is 10.3. The third kappa shape index (κ3) is 19.1. The number of allylic oxidation sites excluding steroid dienone is 1. The first-order valence-electron chi connectivity index (χ1n) is 9.74. The summed E-state index contributed by atoms with van der Waals surface area (Å²) >= 11 is 0. The fourth-order valence-electron chi connectivity index (χ4n) is 2.84. The predicted octanol–water partition coefficient (Wildman–Crippen LogP) is 5.86. The van der Waals surface area contributed by atoms with Gasteiger partial charge in [-0.05, 0) is 25.7 Å². The lowest BCUT2D eigenvalue weighted by Crippen LogP contribution is -2.05. The molecule has 0 saturated heterocycles. The molecule has 0 saturated carbocycles.